The Morgan fingerprint density at radius 2 is 1.68 bits per heavy atom. The number of nitrogens with zero attached hydrogens (tertiary/aromatic N) is 1. The number of hydrogen-bond donors (Lipinski definition) is 2. The fraction of sp³-hybridized carbons (Fsp3) is 0. The summed E-state index contributed by atoms with van der Waals surface area (Å²) in [5, 5.41) is 5.50. The summed E-state index contributed by atoms with van der Waals surface area (Å²) in [5.74, 6) is -0.664. The van der Waals surface area contributed by atoms with Gasteiger partial charge in [0.25, 0.3) is 5.91 Å². The van der Waals surface area contributed by atoms with Crippen molar-refractivity contribution in [2.45, 2.75) is 0 Å². The molecule has 0 bridgehead atoms. The molecule has 9 heteroatoms. The van der Waals surface area contributed by atoms with Gasteiger partial charge in [-0.15, -0.1) is 0 Å². The first-order valence-corrected chi connectivity index (χ1v) is 13.3. The first kappa shape index (κ1) is 25.9. The van der Waals surface area contributed by atoms with E-state index in [1.807, 2.05) is 42.5 Å². The van der Waals surface area contributed by atoms with Crippen LogP contribution >= 0.6 is 43.5 Å². The standard InChI is InChI=1S/C29H18Br2ClN3O3/c30-19-13-14-24(38-29(37)17-7-2-1-3-8-17)18(15-19)16-33-35-28(36)27-25(20-9-4-5-12-23(20)32)21-10-6-11-22(31)26(21)34-27/h1-16,34H,(H,35,36). The zero-order valence-corrected chi connectivity index (χ0v) is 23.5. The Labute approximate surface area is 239 Å². The van der Waals surface area contributed by atoms with E-state index in [4.69, 9.17) is 16.3 Å². The maximum absolute atomic E-state index is 13.3. The van der Waals surface area contributed by atoms with E-state index in [1.165, 1.54) is 6.21 Å². The fourth-order valence-corrected chi connectivity index (χ4v) is 5.03. The number of hydrogen-bond acceptors (Lipinski definition) is 4. The maximum atomic E-state index is 13.3. The lowest BCUT2D eigenvalue weighted by atomic mass is 10.0. The molecule has 1 aromatic heterocycles. The van der Waals surface area contributed by atoms with Crippen LogP contribution in [0.5, 0.6) is 5.75 Å². The third kappa shape index (κ3) is 5.43. The van der Waals surface area contributed by atoms with Gasteiger partial charge in [-0.3, -0.25) is 4.79 Å². The van der Waals surface area contributed by atoms with Gasteiger partial charge in [-0.1, -0.05) is 76.1 Å². The first-order chi connectivity index (χ1) is 18.4. The summed E-state index contributed by atoms with van der Waals surface area (Å²) in [6.07, 6.45) is 1.42. The number of ether oxygens (including phenoxy) is 1. The number of para-hydroxylation sites is 1. The smallest absolute Gasteiger partial charge is 0.343 e. The van der Waals surface area contributed by atoms with Crippen LogP contribution in [0, 0.1) is 0 Å². The molecule has 0 aliphatic carbocycles. The lowest BCUT2D eigenvalue weighted by molar-refractivity contribution is 0.0734. The third-order valence-corrected chi connectivity index (χ3v) is 7.19. The Balaban J connectivity index is 1.44. The molecule has 0 saturated heterocycles. The molecule has 0 unspecified atom stereocenters. The number of aromatic nitrogens is 1. The van der Waals surface area contributed by atoms with Crippen molar-refractivity contribution in [1.29, 1.82) is 0 Å². The van der Waals surface area contributed by atoms with E-state index in [0.29, 0.717) is 33.2 Å². The molecule has 0 aliphatic heterocycles. The number of halogens is 3. The fourth-order valence-electron chi connectivity index (χ4n) is 3.96. The maximum Gasteiger partial charge on any atom is 0.343 e. The highest BCUT2D eigenvalue weighted by Gasteiger charge is 2.21. The van der Waals surface area contributed by atoms with Gasteiger partial charge in [0.05, 0.1) is 17.3 Å². The van der Waals surface area contributed by atoms with Crippen LogP contribution in [0.2, 0.25) is 5.02 Å². The van der Waals surface area contributed by atoms with Crippen LogP contribution in [0.1, 0.15) is 26.4 Å². The van der Waals surface area contributed by atoms with Crippen LogP contribution in [-0.2, 0) is 0 Å². The lowest BCUT2D eigenvalue weighted by Gasteiger charge is -2.08. The highest BCUT2D eigenvalue weighted by Crippen LogP contribution is 2.38. The van der Waals surface area contributed by atoms with Crippen molar-refractivity contribution in [2.75, 3.05) is 0 Å². The molecule has 0 radical (unpaired) electrons. The van der Waals surface area contributed by atoms with E-state index < -0.39 is 11.9 Å². The number of nitrogens with one attached hydrogen (secondary N) is 2. The van der Waals surface area contributed by atoms with E-state index in [0.717, 1.165) is 25.4 Å². The second-order valence-corrected chi connectivity index (χ2v) is 10.3. The van der Waals surface area contributed by atoms with E-state index in [9.17, 15) is 9.59 Å². The van der Waals surface area contributed by atoms with Gasteiger partial charge in [0.2, 0.25) is 0 Å². The van der Waals surface area contributed by atoms with Crippen LogP contribution in [0.4, 0.5) is 0 Å². The SMILES string of the molecule is O=C(Oc1ccc(Br)cc1C=NNC(=O)c1[nH]c2c(Br)cccc2c1-c1ccccc1Cl)c1ccccc1. The normalized spacial score (nSPS) is 11.1. The molecule has 0 atom stereocenters. The van der Waals surface area contributed by atoms with Gasteiger partial charge in [-0.2, -0.15) is 5.10 Å². The van der Waals surface area contributed by atoms with Crippen molar-refractivity contribution in [2.24, 2.45) is 5.10 Å². The zero-order valence-electron chi connectivity index (χ0n) is 19.5. The highest BCUT2D eigenvalue weighted by molar-refractivity contribution is 9.11. The number of amides is 1. The number of carbonyl (C=O) groups is 2. The van der Waals surface area contributed by atoms with Gasteiger partial charge in [0.15, 0.2) is 0 Å². The van der Waals surface area contributed by atoms with Gasteiger partial charge in [0, 0.05) is 36.0 Å². The van der Waals surface area contributed by atoms with Crippen LogP contribution < -0.4 is 10.2 Å². The summed E-state index contributed by atoms with van der Waals surface area (Å²) in [4.78, 5) is 29.1. The van der Waals surface area contributed by atoms with Gasteiger partial charge < -0.3 is 9.72 Å². The minimum absolute atomic E-state index is 0.298. The van der Waals surface area contributed by atoms with E-state index in [-0.39, 0.29) is 0 Å². The number of aromatic amines is 1. The lowest BCUT2D eigenvalue weighted by Crippen LogP contribution is -2.19. The van der Waals surface area contributed by atoms with E-state index in [1.54, 1.807) is 48.5 Å². The van der Waals surface area contributed by atoms with Crippen molar-refractivity contribution in [3.8, 4) is 16.9 Å². The average molecular weight is 652 g/mol. The molecular weight excluding hydrogens is 634 g/mol. The van der Waals surface area contributed by atoms with Gasteiger partial charge in [0.1, 0.15) is 11.4 Å². The summed E-state index contributed by atoms with van der Waals surface area (Å²) < 4.78 is 7.15. The predicted molar refractivity (Wildman–Crippen MR) is 157 cm³/mol. The summed E-state index contributed by atoms with van der Waals surface area (Å²) in [5.41, 5.74) is 5.94. The molecule has 0 aliphatic rings. The molecule has 1 heterocycles. The molecule has 38 heavy (non-hydrogen) atoms. The minimum Gasteiger partial charge on any atom is -0.422 e. The number of esters is 1. The number of benzene rings is 4. The summed E-state index contributed by atoms with van der Waals surface area (Å²) in [6.45, 7) is 0. The first-order valence-electron chi connectivity index (χ1n) is 11.4. The molecule has 0 fully saturated rings. The van der Waals surface area contributed by atoms with Gasteiger partial charge >= 0.3 is 5.97 Å². The molecule has 6 nitrogen and oxygen atoms in total. The summed E-state index contributed by atoms with van der Waals surface area (Å²) in [7, 11) is 0. The van der Waals surface area contributed by atoms with Gasteiger partial charge in [-0.05, 0) is 58.4 Å². The van der Waals surface area contributed by atoms with Crippen LogP contribution in [0.3, 0.4) is 0 Å². The molecule has 4 aromatic carbocycles. The number of rotatable bonds is 6. The van der Waals surface area contributed by atoms with Gasteiger partial charge in [-0.25, -0.2) is 10.2 Å². The highest BCUT2D eigenvalue weighted by atomic mass is 79.9. The topological polar surface area (TPSA) is 83.5 Å². The average Bonchev–Trinajstić information content (AvgIpc) is 3.32. The number of H-pyrrole nitrogens is 1. The second-order valence-electron chi connectivity index (χ2n) is 8.15. The third-order valence-electron chi connectivity index (χ3n) is 5.71. The minimum atomic E-state index is -0.500. The van der Waals surface area contributed by atoms with Crippen molar-refractivity contribution >= 4 is 72.5 Å². The molecule has 1 amide bonds. The summed E-state index contributed by atoms with van der Waals surface area (Å²) >= 11 is 13.5. The molecular formula is C29H18Br2ClN3O3. The van der Waals surface area contributed by atoms with Crippen molar-refractivity contribution < 1.29 is 14.3 Å². The second kappa shape index (κ2) is 11.3. The predicted octanol–water partition coefficient (Wildman–Crippen LogP) is 8.00. The molecule has 0 saturated carbocycles. The van der Waals surface area contributed by atoms with Crippen LogP contribution in [-0.4, -0.2) is 23.1 Å². The molecule has 2 N–H and O–H groups in total. The Morgan fingerprint density at radius 1 is 0.921 bits per heavy atom. The Hall–Kier alpha value is -3.72. The molecule has 5 rings (SSSR count). The Bertz CT molecular complexity index is 1700. The molecule has 0 spiro atoms. The number of hydrazone groups is 1. The van der Waals surface area contributed by atoms with Crippen LogP contribution in [0.15, 0.2) is 105 Å². The monoisotopic (exact) mass is 649 g/mol. The van der Waals surface area contributed by atoms with E-state index in [2.05, 4.69) is 47.4 Å². The Morgan fingerprint density at radius 3 is 2.47 bits per heavy atom. The van der Waals surface area contributed by atoms with Crippen molar-refractivity contribution in [3.63, 3.8) is 0 Å². The zero-order chi connectivity index (χ0) is 26.6. The molecule has 188 valence electrons. The van der Waals surface area contributed by atoms with Crippen LogP contribution in [0.25, 0.3) is 22.0 Å². The Kier molecular flexibility index (Phi) is 7.74. The van der Waals surface area contributed by atoms with Crippen molar-refractivity contribution in [3.05, 3.63) is 122 Å². The number of carbonyl (C=O) groups excluding carboxylic acids is 2. The van der Waals surface area contributed by atoms with Crippen molar-refractivity contribution in [1.82, 2.24) is 10.4 Å². The number of fused-ring (bicyclic) bond motifs is 1. The largest absolute Gasteiger partial charge is 0.422 e. The molecule has 5 aromatic rings. The quantitative estimate of drug-likeness (QED) is 0.0845. The van der Waals surface area contributed by atoms with E-state index >= 15 is 0 Å². The summed E-state index contributed by atoms with van der Waals surface area (Å²) in [6, 6.07) is 26.9.